The maximum Gasteiger partial charge on any atom is 0.332 e. The summed E-state index contributed by atoms with van der Waals surface area (Å²) >= 11 is 0. The van der Waals surface area contributed by atoms with Gasteiger partial charge < -0.3 is 14.7 Å². The first-order chi connectivity index (χ1) is 25.4. The number of aliphatic carboxylic acids is 1. The van der Waals surface area contributed by atoms with Crippen molar-refractivity contribution in [3.8, 4) is 0 Å². The molecule has 1 N–H and O–H groups in total. The second-order valence-electron chi connectivity index (χ2n) is 15.8. The standard InChI is InChI=1S/C46H87NO5/c1-5-9-12-15-18-20-22-23-24-25-26-27-29-31-34-37-43(48)47(41-36-33-30-28-21-19-16-13-10-6-2)46(40-38-44(49)50,45(51)52-42-8-4)39-35-32-17-14-11-7-3/h8H,4-7,9-42H2,1-3H3,(H,49,50)/t46-/m0/s1. The Balaban J connectivity index is 5.34. The number of hydrogen-bond acceptors (Lipinski definition) is 4. The van der Waals surface area contributed by atoms with Crippen molar-refractivity contribution in [2.75, 3.05) is 13.2 Å². The molecule has 0 fully saturated rings. The smallest absolute Gasteiger partial charge is 0.332 e. The molecular formula is C46H87NO5. The van der Waals surface area contributed by atoms with Crippen molar-refractivity contribution in [3.05, 3.63) is 12.7 Å². The lowest BCUT2D eigenvalue weighted by Gasteiger charge is -2.42. The molecule has 0 bridgehead atoms. The van der Waals surface area contributed by atoms with Crippen LogP contribution in [-0.2, 0) is 19.1 Å². The number of nitrogens with zero attached hydrogens (tertiary/aromatic N) is 1. The third kappa shape index (κ3) is 27.7. The Morgan fingerprint density at radius 3 is 1.27 bits per heavy atom. The molecular weight excluding hydrogens is 647 g/mol. The van der Waals surface area contributed by atoms with E-state index in [-0.39, 0.29) is 25.4 Å². The lowest BCUT2D eigenvalue weighted by molar-refractivity contribution is -0.166. The zero-order valence-corrected chi connectivity index (χ0v) is 35.0. The number of unbranched alkanes of at least 4 members (excludes halogenated alkanes) is 28. The van der Waals surface area contributed by atoms with Crippen molar-refractivity contribution in [2.45, 2.75) is 251 Å². The van der Waals surface area contributed by atoms with Gasteiger partial charge in [-0.3, -0.25) is 9.59 Å². The molecule has 0 heterocycles. The first-order valence-corrected chi connectivity index (χ1v) is 22.7. The Kier molecular flexibility index (Phi) is 36.1. The average Bonchev–Trinajstić information content (AvgIpc) is 3.14. The third-order valence-electron chi connectivity index (χ3n) is 11.0. The van der Waals surface area contributed by atoms with Gasteiger partial charge >= 0.3 is 11.9 Å². The normalized spacial score (nSPS) is 12.4. The lowest BCUT2D eigenvalue weighted by atomic mass is 9.84. The summed E-state index contributed by atoms with van der Waals surface area (Å²) in [5, 5.41) is 9.77. The highest BCUT2D eigenvalue weighted by Crippen LogP contribution is 2.33. The van der Waals surface area contributed by atoms with Crippen molar-refractivity contribution >= 4 is 17.8 Å². The van der Waals surface area contributed by atoms with Gasteiger partial charge in [-0.2, -0.15) is 0 Å². The van der Waals surface area contributed by atoms with Crippen LogP contribution in [0.4, 0.5) is 0 Å². The highest BCUT2D eigenvalue weighted by atomic mass is 16.5. The third-order valence-corrected chi connectivity index (χ3v) is 11.0. The fraction of sp³-hybridized carbons (Fsp3) is 0.891. The molecule has 0 aromatic rings. The van der Waals surface area contributed by atoms with Crippen LogP contribution >= 0.6 is 0 Å². The number of hydrogen-bond donors (Lipinski definition) is 1. The Hall–Kier alpha value is -1.85. The van der Waals surface area contributed by atoms with Crippen molar-refractivity contribution < 1.29 is 24.2 Å². The van der Waals surface area contributed by atoms with Gasteiger partial charge in [0.1, 0.15) is 12.1 Å². The fourth-order valence-corrected chi connectivity index (χ4v) is 7.61. The average molecular weight is 734 g/mol. The predicted molar refractivity (Wildman–Crippen MR) is 222 cm³/mol. The van der Waals surface area contributed by atoms with Crippen LogP contribution in [0.2, 0.25) is 0 Å². The first-order valence-electron chi connectivity index (χ1n) is 22.7. The van der Waals surface area contributed by atoms with Gasteiger partial charge in [0.15, 0.2) is 0 Å². The van der Waals surface area contributed by atoms with Crippen LogP contribution in [0.25, 0.3) is 0 Å². The number of carbonyl (C=O) groups is 3. The molecule has 1 atom stereocenters. The van der Waals surface area contributed by atoms with Gasteiger partial charge in [-0.25, -0.2) is 4.79 Å². The monoisotopic (exact) mass is 734 g/mol. The maximum atomic E-state index is 14.2. The molecule has 6 heteroatoms. The summed E-state index contributed by atoms with van der Waals surface area (Å²) in [7, 11) is 0. The molecule has 0 aliphatic rings. The molecule has 0 saturated heterocycles. The molecule has 306 valence electrons. The number of amides is 1. The number of esters is 1. The highest BCUT2D eigenvalue weighted by molar-refractivity contribution is 5.88. The minimum Gasteiger partial charge on any atom is -0.481 e. The Bertz CT molecular complexity index is 845. The van der Waals surface area contributed by atoms with E-state index in [9.17, 15) is 19.5 Å². The van der Waals surface area contributed by atoms with E-state index in [1.165, 1.54) is 128 Å². The van der Waals surface area contributed by atoms with Crippen molar-refractivity contribution in [1.82, 2.24) is 4.90 Å². The van der Waals surface area contributed by atoms with E-state index in [2.05, 4.69) is 27.4 Å². The van der Waals surface area contributed by atoms with Crippen LogP contribution in [-0.4, -0.2) is 46.5 Å². The SMILES string of the molecule is C=CCOC(=O)[C@](CCCCCCCC)(CCC(=O)O)N(CCCCCCCCCCCC)C(=O)CCCCCCCCCCCCCCCCC. The molecule has 0 spiro atoms. The van der Waals surface area contributed by atoms with E-state index in [1.807, 2.05) is 0 Å². The summed E-state index contributed by atoms with van der Waals surface area (Å²) in [6, 6.07) is 0. The molecule has 0 saturated carbocycles. The Morgan fingerprint density at radius 2 is 0.885 bits per heavy atom. The molecule has 0 aromatic carbocycles. The molecule has 1 amide bonds. The largest absolute Gasteiger partial charge is 0.481 e. The fourth-order valence-electron chi connectivity index (χ4n) is 7.61. The quantitative estimate of drug-likeness (QED) is 0.0384. The van der Waals surface area contributed by atoms with Crippen LogP contribution in [0.5, 0.6) is 0 Å². The van der Waals surface area contributed by atoms with Gasteiger partial charge in [0.05, 0.1) is 0 Å². The molecule has 0 rings (SSSR count). The number of carbonyl (C=O) groups excluding carboxylic acids is 2. The van der Waals surface area contributed by atoms with Gasteiger partial charge in [-0.1, -0.05) is 220 Å². The van der Waals surface area contributed by atoms with Crippen molar-refractivity contribution in [1.29, 1.82) is 0 Å². The summed E-state index contributed by atoms with van der Waals surface area (Å²) < 4.78 is 5.70. The van der Waals surface area contributed by atoms with Gasteiger partial charge in [-0.15, -0.1) is 0 Å². The van der Waals surface area contributed by atoms with Gasteiger partial charge in [-0.05, 0) is 25.7 Å². The van der Waals surface area contributed by atoms with E-state index in [0.717, 1.165) is 70.6 Å². The predicted octanol–water partition coefficient (Wildman–Crippen LogP) is 14.1. The summed E-state index contributed by atoms with van der Waals surface area (Å²) in [6.45, 7) is 11.0. The lowest BCUT2D eigenvalue weighted by Crippen LogP contribution is -2.58. The summed E-state index contributed by atoms with van der Waals surface area (Å²) in [6.07, 6.45) is 39.6. The maximum absolute atomic E-state index is 14.2. The zero-order chi connectivity index (χ0) is 38.4. The zero-order valence-electron chi connectivity index (χ0n) is 35.0. The van der Waals surface area contributed by atoms with E-state index >= 15 is 0 Å². The number of ether oxygens (including phenoxy) is 1. The second kappa shape index (κ2) is 37.5. The van der Waals surface area contributed by atoms with Crippen LogP contribution in [0.1, 0.15) is 245 Å². The number of rotatable bonds is 41. The topological polar surface area (TPSA) is 83.9 Å². The molecule has 0 aliphatic carbocycles. The molecule has 0 unspecified atom stereocenters. The number of carboxylic acid groups (broad SMARTS) is 1. The second-order valence-corrected chi connectivity index (χ2v) is 15.8. The summed E-state index contributed by atoms with van der Waals surface area (Å²) in [4.78, 5) is 41.9. The van der Waals surface area contributed by atoms with Crippen LogP contribution in [0.3, 0.4) is 0 Å². The molecule has 0 aliphatic heterocycles. The number of carboxylic acids is 1. The molecule has 0 radical (unpaired) electrons. The van der Waals surface area contributed by atoms with E-state index < -0.39 is 17.5 Å². The molecule has 0 aromatic heterocycles. The van der Waals surface area contributed by atoms with Crippen molar-refractivity contribution in [2.24, 2.45) is 0 Å². The molecule has 52 heavy (non-hydrogen) atoms. The van der Waals surface area contributed by atoms with E-state index in [1.54, 1.807) is 11.0 Å². The Morgan fingerprint density at radius 1 is 0.519 bits per heavy atom. The molecule has 6 nitrogen and oxygen atoms in total. The van der Waals surface area contributed by atoms with E-state index in [0.29, 0.717) is 19.4 Å². The van der Waals surface area contributed by atoms with Crippen LogP contribution in [0.15, 0.2) is 12.7 Å². The van der Waals surface area contributed by atoms with Crippen molar-refractivity contribution in [3.63, 3.8) is 0 Å². The van der Waals surface area contributed by atoms with Crippen LogP contribution in [0, 0.1) is 0 Å². The highest BCUT2D eigenvalue weighted by Gasteiger charge is 2.47. The summed E-state index contributed by atoms with van der Waals surface area (Å²) in [5.74, 6) is -1.42. The van der Waals surface area contributed by atoms with Gasteiger partial charge in [0.25, 0.3) is 0 Å². The Labute approximate surface area is 323 Å². The van der Waals surface area contributed by atoms with E-state index in [4.69, 9.17) is 4.74 Å². The summed E-state index contributed by atoms with van der Waals surface area (Å²) in [5.41, 5.74) is -1.25. The minimum atomic E-state index is -1.25. The minimum absolute atomic E-state index is 0.0162. The van der Waals surface area contributed by atoms with Gasteiger partial charge in [0.2, 0.25) is 5.91 Å². The van der Waals surface area contributed by atoms with Crippen LogP contribution < -0.4 is 0 Å². The van der Waals surface area contributed by atoms with Gasteiger partial charge in [0, 0.05) is 19.4 Å². The first kappa shape index (κ1) is 50.1.